The van der Waals surface area contributed by atoms with Gasteiger partial charge in [0.25, 0.3) is 0 Å². The van der Waals surface area contributed by atoms with Crippen LogP contribution in [0, 0.1) is 4.91 Å². The van der Waals surface area contributed by atoms with Gasteiger partial charge in [-0.25, -0.2) is 4.57 Å². The van der Waals surface area contributed by atoms with Crippen LogP contribution in [0.1, 0.15) is 10.4 Å². The van der Waals surface area contributed by atoms with Crippen LogP contribution in [0.25, 0.3) is 0 Å². The first-order valence-electron chi connectivity index (χ1n) is 6.78. The number of hydrogen-bond donors (Lipinski definition) is 1. The van der Waals surface area contributed by atoms with Crippen molar-refractivity contribution in [2.75, 3.05) is 6.54 Å². The van der Waals surface area contributed by atoms with Crippen molar-refractivity contribution < 1.29 is 9.36 Å². The van der Waals surface area contributed by atoms with E-state index in [1.54, 1.807) is 12.1 Å². The third-order valence-corrected chi connectivity index (χ3v) is 3.09. The zero-order valence-corrected chi connectivity index (χ0v) is 12.0. The molecule has 22 heavy (non-hydrogen) atoms. The Morgan fingerprint density at radius 3 is 2.50 bits per heavy atom. The van der Waals surface area contributed by atoms with Crippen LogP contribution in [0.15, 0.2) is 78.2 Å². The van der Waals surface area contributed by atoms with Gasteiger partial charge in [0.15, 0.2) is 18.9 Å². The van der Waals surface area contributed by atoms with Gasteiger partial charge in [-0.3, -0.25) is 4.79 Å². The molecule has 0 saturated carbocycles. The van der Waals surface area contributed by atoms with E-state index in [2.05, 4.69) is 5.18 Å². The number of nitroso groups, excluding NO2 is 1. The van der Waals surface area contributed by atoms with E-state index in [0.717, 1.165) is 12.1 Å². The third-order valence-electron chi connectivity index (χ3n) is 3.09. The highest BCUT2D eigenvalue weighted by molar-refractivity contribution is 5.92. The summed E-state index contributed by atoms with van der Waals surface area (Å²) in [5.74, 6) is -0.426. The van der Waals surface area contributed by atoms with Gasteiger partial charge < -0.3 is 10.6 Å². The van der Waals surface area contributed by atoms with E-state index in [-0.39, 0.29) is 0 Å². The lowest BCUT2D eigenvalue weighted by Gasteiger charge is -2.15. The fraction of sp³-hybridized carbons (Fsp3) is 0.125. The fourth-order valence-corrected chi connectivity index (χ4v) is 1.87. The van der Waals surface area contributed by atoms with Crippen molar-refractivity contribution in [3.63, 3.8) is 0 Å². The lowest BCUT2D eigenvalue weighted by Crippen LogP contribution is -2.32. The normalized spacial score (nSPS) is 13.6. The predicted molar refractivity (Wildman–Crippen MR) is 83.2 cm³/mol. The van der Waals surface area contributed by atoms with Crippen molar-refractivity contribution >= 4 is 5.91 Å². The summed E-state index contributed by atoms with van der Waals surface area (Å²) in [6.45, 7) is 1.44. The molecule has 0 atom stereocenters. The Hall–Kier alpha value is -3.02. The van der Waals surface area contributed by atoms with Gasteiger partial charge in [0, 0.05) is 31.1 Å². The molecule has 0 saturated heterocycles. The van der Waals surface area contributed by atoms with Crippen LogP contribution in [-0.2, 0) is 6.54 Å². The molecular weight excluding hydrogens is 280 g/mol. The zero-order chi connectivity index (χ0) is 15.8. The number of aromatic nitrogens is 1. The largest absolute Gasteiger partial charge is 0.366 e. The van der Waals surface area contributed by atoms with Crippen molar-refractivity contribution in [2.45, 2.75) is 6.54 Å². The number of pyridine rings is 1. The molecule has 1 amide bonds. The van der Waals surface area contributed by atoms with Crippen molar-refractivity contribution in [3.05, 3.63) is 83.5 Å². The van der Waals surface area contributed by atoms with E-state index in [1.165, 1.54) is 6.20 Å². The summed E-state index contributed by atoms with van der Waals surface area (Å²) >= 11 is 0. The first-order chi connectivity index (χ1) is 10.7. The Balaban J connectivity index is 1.80. The molecule has 1 aromatic heterocycles. The van der Waals surface area contributed by atoms with Crippen molar-refractivity contribution in [3.8, 4) is 0 Å². The lowest BCUT2D eigenvalue weighted by molar-refractivity contribution is -0.687. The second-order valence-corrected chi connectivity index (χ2v) is 4.68. The molecule has 0 bridgehead atoms. The summed E-state index contributed by atoms with van der Waals surface area (Å²) in [7, 11) is 0. The summed E-state index contributed by atoms with van der Waals surface area (Å²) in [6.07, 6.45) is 16.4. The van der Waals surface area contributed by atoms with Gasteiger partial charge in [0.2, 0.25) is 5.91 Å². The molecule has 2 rings (SSSR count). The van der Waals surface area contributed by atoms with E-state index in [9.17, 15) is 9.70 Å². The van der Waals surface area contributed by atoms with Crippen LogP contribution < -0.4 is 10.3 Å². The highest BCUT2D eigenvalue weighted by Crippen LogP contribution is 2.09. The Morgan fingerprint density at radius 1 is 1.23 bits per heavy atom. The smallest absolute Gasteiger partial charge is 0.249 e. The monoisotopic (exact) mass is 297 g/mol. The Bertz CT molecular complexity index is 641. The van der Waals surface area contributed by atoms with Crippen LogP contribution in [0.5, 0.6) is 0 Å². The highest BCUT2D eigenvalue weighted by Gasteiger charge is 2.03. The molecule has 0 aliphatic carbocycles. The Kier molecular flexibility index (Phi) is 5.37. The molecule has 0 radical (unpaired) electrons. The van der Waals surface area contributed by atoms with Crippen LogP contribution in [0.2, 0.25) is 0 Å². The molecule has 6 nitrogen and oxygen atoms in total. The number of rotatable bonds is 6. The first-order valence-corrected chi connectivity index (χ1v) is 6.78. The van der Waals surface area contributed by atoms with Gasteiger partial charge in [0.05, 0.1) is 11.8 Å². The minimum Gasteiger partial charge on any atom is -0.366 e. The summed E-state index contributed by atoms with van der Waals surface area (Å²) in [5, 5.41) is 2.73. The number of nitrogens with two attached hydrogens (primary N) is 1. The van der Waals surface area contributed by atoms with Crippen molar-refractivity contribution in [1.82, 2.24) is 4.90 Å². The average molecular weight is 297 g/mol. The second-order valence-electron chi connectivity index (χ2n) is 4.68. The number of primary amides is 1. The molecule has 1 aliphatic rings. The first kappa shape index (κ1) is 15.4. The fourth-order valence-electron chi connectivity index (χ4n) is 1.87. The molecule has 0 aromatic carbocycles. The Labute approximate surface area is 128 Å². The minimum absolute atomic E-state index is 0.426. The van der Waals surface area contributed by atoms with Crippen LogP contribution >= 0.6 is 0 Å². The summed E-state index contributed by atoms with van der Waals surface area (Å²) < 4.78 is 1.95. The van der Waals surface area contributed by atoms with Gasteiger partial charge in [-0.1, -0.05) is 6.08 Å². The molecule has 2 heterocycles. The van der Waals surface area contributed by atoms with E-state index in [4.69, 9.17) is 5.73 Å². The number of amides is 1. The summed E-state index contributed by atoms with van der Waals surface area (Å²) in [6, 6.07) is 3.39. The van der Waals surface area contributed by atoms with Crippen LogP contribution in [0.3, 0.4) is 0 Å². The van der Waals surface area contributed by atoms with E-state index < -0.39 is 5.91 Å². The molecule has 0 unspecified atom stereocenters. The predicted octanol–water partition coefficient (Wildman–Crippen LogP) is 1.62. The molecule has 6 heteroatoms. The van der Waals surface area contributed by atoms with E-state index in [0.29, 0.717) is 12.1 Å². The van der Waals surface area contributed by atoms with E-state index in [1.807, 2.05) is 58.6 Å². The summed E-state index contributed by atoms with van der Waals surface area (Å²) in [4.78, 5) is 23.1. The molecule has 2 N–H and O–H groups in total. The maximum Gasteiger partial charge on any atom is 0.249 e. The average Bonchev–Trinajstić information content (AvgIpc) is 2.54. The topological polar surface area (TPSA) is 79.6 Å². The van der Waals surface area contributed by atoms with Crippen molar-refractivity contribution in [2.24, 2.45) is 10.9 Å². The number of hydrogen-bond acceptors (Lipinski definition) is 4. The van der Waals surface area contributed by atoms with Gasteiger partial charge in [-0.15, -0.1) is 4.91 Å². The highest BCUT2D eigenvalue weighted by atomic mass is 16.2. The van der Waals surface area contributed by atoms with Crippen molar-refractivity contribution in [1.29, 1.82) is 0 Å². The second kappa shape index (κ2) is 7.68. The molecule has 1 aromatic rings. The molecule has 0 spiro atoms. The lowest BCUT2D eigenvalue weighted by atomic mass is 10.2. The maximum atomic E-state index is 11.0. The van der Waals surface area contributed by atoms with Gasteiger partial charge >= 0.3 is 0 Å². The minimum atomic E-state index is -0.426. The van der Waals surface area contributed by atoms with Gasteiger partial charge in [-0.05, 0) is 29.0 Å². The molecule has 112 valence electrons. The van der Waals surface area contributed by atoms with Gasteiger partial charge in [-0.2, -0.15) is 0 Å². The van der Waals surface area contributed by atoms with Crippen LogP contribution in [-0.4, -0.2) is 17.4 Å². The molecule has 1 aliphatic heterocycles. The molecular formula is C16H17N4O2+. The Morgan fingerprint density at radius 2 is 1.91 bits per heavy atom. The zero-order valence-electron chi connectivity index (χ0n) is 12.0. The molecule has 0 fully saturated rings. The standard InChI is InChI=1S/C16H16N4O2/c17-16(21)15-5-11-20(12-6-15)8-2-1-7-19-9-3-14(4-10-19)13-18-22/h1-6,9-13H,7-8H2,(H-,17,21)/p+1/b2-1+. The number of nitrogens with zero attached hydrogens (tertiary/aromatic N) is 3. The van der Waals surface area contributed by atoms with E-state index >= 15 is 0 Å². The number of carbonyl (C=O) groups excluding carboxylic acids is 1. The quantitative estimate of drug-likeness (QED) is 0.492. The third kappa shape index (κ3) is 4.52. The van der Waals surface area contributed by atoms with Crippen LogP contribution in [0.4, 0.5) is 0 Å². The number of carbonyl (C=O) groups is 1. The van der Waals surface area contributed by atoms with Gasteiger partial charge in [0.1, 0.15) is 0 Å². The summed E-state index contributed by atoms with van der Waals surface area (Å²) in [5.41, 5.74) is 6.46. The SMILES string of the molecule is NC(=O)c1cc[n+](C/C=C/CN2C=CC(=CN=O)C=C2)cc1. The number of allylic oxidation sites excluding steroid dienone is 4. The maximum absolute atomic E-state index is 11.0.